The lowest BCUT2D eigenvalue weighted by molar-refractivity contribution is -0.144. The lowest BCUT2D eigenvalue weighted by Crippen LogP contribution is -2.46. The van der Waals surface area contributed by atoms with Crippen molar-refractivity contribution >= 4 is 44.4 Å². The first-order valence-corrected chi connectivity index (χ1v) is 20.4. The predicted octanol–water partition coefficient (Wildman–Crippen LogP) is 5.93. The summed E-state index contributed by atoms with van der Waals surface area (Å²) in [5.74, 6) is -3.76. The van der Waals surface area contributed by atoms with Crippen LogP contribution in [0.15, 0.2) is 65.4 Å². The van der Waals surface area contributed by atoms with E-state index >= 15 is 8.78 Å². The van der Waals surface area contributed by atoms with Gasteiger partial charge in [0.05, 0.1) is 25.0 Å². The van der Waals surface area contributed by atoms with Gasteiger partial charge in [-0.3, -0.25) is 19.2 Å². The molecule has 308 valence electrons. The highest BCUT2D eigenvalue weighted by molar-refractivity contribution is 7.90. The zero-order chi connectivity index (χ0) is 41.1. The van der Waals surface area contributed by atoms with Crippen molar-refractivity contribution in [1.82, 2.24) is 24.3 Å². The second-order valence-electron chi connectivity index (χ2n) is 14.7. The molecule has 5 heterocycles. The minimum Gasteiger partial charge on any atom is -0.475 e. The number of benzene rings is 2. The van der Waals surface area contributed by atoms with E-state index in [0.29, 0.717) is 34.8 Å². The summed E-state index contributed by atoms with van der Waals surface area (Å²) in [6, 6.07) is 12.9. The summed E-state index contributed by atoms with van der Waals surface area (Å²) in [5.41, 5.74) is 1.23. The lowest BCUT2D eigenvalue weighted by atomic mass is 9.93. The Bertz CT molecular complexity index is 2380. The third kappa shape index (κ3) is 8.68. The van der Waals surface area contributed by atoms with Crippen LogP contribution in [0.3, 0.4) is 0 Å². The van der Waals surface area contributed by atoms with Crippen LogP contribution in [0.5, 0.6) is 5.88 Å². The molecule has 2 N–H and O–H groups in total. The average Bonchev–Trinajstić information content (AvgIpc) is 3.98. The third-order valence-corrected chi connectivity index (χ3v) is 12.0. The molecular formula is C40H44F3N7O7S. The van der Waals surface area contributed by atoms with Crippen LogP contribution in [-0.4, -0.2) is 110 Å². The molecule has 2 fully saturated rings. The number of aromatic amines is 1. The van der Waals surface area contributed by atoms with Gasteiger partial charge in [-0.1, -0.05) is 26.0 Å². The Morgan fingerprint density at radius 3 is 2.48 bits per heavy atom. The maximum absolute atomic E-state index is 15.7. The molecule has 0 radical (unpaired) electrons. The van der Waals surface area contributed by atoms with Crippen LogP contribution in [0.25, 0.3) is 22.2 Å². The van der Waals surface area contributed by atoms with Crippen molar-refractivity contribution in [3.63, 3.8) is 0 Å². The number of hydrogen-bond donors (Lipinski definition) is 2. The van der Waals surface area contributed by atoms with E-state index in [-0.39, 0.29) is 37.0 Å². The number of pyridine rings is 1. The van der Waals surface area contributed by atoms with E-state index in [1.807, 2.05) is 42.8 Å². The first-order valence-electron chi connectivity index (χ1n) is 19.0. The fourth-order valence-corrected chi connectivity index (χ4v) is 8.59. The van der Waals surface area contributed by atoms with E-state index in [1.54, 1.807) is 18.3 Å². The topological polar surface area (TPSA) is 163 Å². The van der Waals surface area contributed by atoms with Crippen LogP contribution in [0.4, 0.5) is 24.5 Å². The fraction of sp³-hybridized carbons (Fsp3) is 0.400. The fourth-order valence-electron chi connectivity index (χ4n) is 7.32. The number of ether oxygens (including phenoxy) is 2. The van der Waals surface area contributed by atoms with Gasteiger partial charge < -0.3 is 23.9 Å². The molecule has 2 aromatic carbocycles. The van der Waals surface area contributed by atoms with Crippen molar-refractivity contribution in [1.29, 1.82) is 0 Å². The quantitative estimate of drug-likeness (QED) is 0.0731. The monoisotopic (exact) mass is 823 g/mol. The summed E-state index contributed by atoms with van der Waals surface area (Å²) in [4.78, 5) is 37.8. The zero-order valence-electron chi connectivity index (χ0n) is 32.2. The van der Waals surface area contributed by atoms with Gasteiger partial charge in [-0.25, -0.2) is 18.2 Å². The van der Waals surface area contributed by atoms with E-state index in [1.165, 1.54) is 13.3 Å². The molecule has 0 spiro atoms. The Hall–Kier alpha value is -5.46. The lowest BCUT2D eigenvalue weighted by Gasteiger charge is -2.36. The first-order chi connectivity index (χ1) is 27.8. The van der Waals surface area contributed by atoms with Gasteiger partial charge in [-0.15, -0.1) is 0 Å². The van der Waals surface area contributed by atoms with Gasteiger partial charge in [0.1, 0.15) is 23.6 Å². The number of carbonyl (C=O) groups is 2. The second kappa shape index (κ2) is 17.2. The Balaban J connectivity index is 0.948. The number of methoxy groups -OCH3 is 1. The Labute approximate surface area is 333 Å². The van der Waals surface area contributed by atoms with Crippen LogP contribution >= 0.6 is 0 Å². The van der Waals surface area contributed by atoms with Gasteiger partial charge >= 0.3 is 16.2 Å². The third-order valence-electron chi connectivity index (χ3n) is 10.5. The van der Waals surface area contributed by atoms with Gasteiger partial charge in [0.15, 0.2) is 11.6 Å². The minimum absolute atomic E-state index is 0.00431. The van der Waals surface area contributed by atoms with Crippen LogP contribution in [0, 0.1) is 17.6 Å². The van der Waals surface area contributed by atoms with Crippen molar-refractivity contribution in [2.24, 2.45) is 5.92 Å². The molecule has 2 aliphatic heterocycles. The molecule has 0 bridgehead atoms. The Morgan fingerprint density at radius 1 is 1.03 bits per heavy atom. The molecule has 0 amide bonds. The average molecular weight is 824 g/mol. The largest absolute Gasteiger partial charge is 0.475 e. The number of esters is 1. The first kappa shape index (κ1) is 40.7. The van der Waals surface area contributed by atoms with Crippen LogP contribution in [0.1, 0.15) is 54.3 Å². The summed E-state index contributed by atoms with van der Waals surface area (Å²) in [6.07, 6.45) is 2.38. The van der Waals surface area contributed by atoms with Gasteiger partial charge in [-0.05, 0) is 59.8 Å². The summed E-state index contributed by atoms with van der Waals surface area (Å²) < 4.78 is 88.9. The SMILES string of the molecule is COC(=O)C(c1cc(OCCCN2CCN(c3ccc(-c4cnc5[nH]cc(C(=O)c6c(F)ccc(NS(=O)(=O)N7CC[C@@H](F)C7)c6F)c5c4)cc3)CC2)no1)C(C)C. The van der Waals surface area contributed by atoms with Gasteiger partial charge in [0.25, 0.3) is 5.88 Å². The van der Waals surface area contributed by atoms with Crippen molar-refractivity contribution in [3.05, 3.63) is 89.4 Å². The molecule has 18 heteroatoms. The van der Waals surface area contributed by atoms with Gasteiger partial charge in [0, 0.05) is 86.5 Å². The Kier molecular flexibility index (Phi) is 12.1. The number of nitrogens with one attached hydrogen (secondary N) is 2. The van der Waals surface area contributed by atoms with Crippen LogP contribution < -0.4 is 14.4 Å². The van der Waals surface area contributed by atoms with Crippen LogP contribution in [0.2, 0.25) is 0 Å². The highest BCUT2D eigenvalue weighted by Crippen LogP contribution is 2.32. The number of piperazine rings is 1. The molecule has 2 aliphatic rings. The summed E-state index contributed by atoms with van der Waals surface area (Å²) in [6.45, 7) is 8.01. The van der Waals surface area contributed by atoms with Gasteiger partial charge in [0.2, 0.25) is 5.78 Å². The molecular weight excluding hydrogens is 780 g/mol. The standard InChI is InChI=1S/C40H44F3N7O7S/c1-24(2)35(40(52)55-3)33-20-34(46-57-33)56-18-4-12-48-14-16-49(17-15-48)28-7-5-25(6-8-28)26-19-29-30(22-45-39(29)44-21-26)38(51)36-31(42)9-10-32(37(36)43)47-58(53,54)50-13-11-27(41)23-50/h5-10,19-22,24,27,35,47H,4,11-18,23H2,1-3H3,(H,44,45)/t27-,35?/m1/s1. The highest BCUT2D eigenvalue weighted by atomic mass is 32.2. The predicted molar refractivity (Wildman–Crippen MR) is 210 cm³/mol. The number of H-pyrrole nitrogens is 1. The number of anilines is 2. The highest BCUT2D eigenvalue weighted by Gasteiger charge is 2.33. The smallest absolute Gasteiger partial charge is 0.316 e. The molecule has 14 nitrogen and oxygen atoms in total. The molecule has 5 aromatic rings. The van der Waals surface area contributed by atoms with Crippen molar-refractivity contribution in [2.75, 3.05) is 69.2 Å². The van der Waals surface area contributed by atoms with Crippen molar-refractivity contribution in [3.8, 4) is 17.0 Å². The molecule has 0 aliphatic carbocycles. The van der Waals surface area contributed by atoms with E-state index in [0.717, 1.165) is 66.8 Å². The molecule has 1 unspecified atom stereocenters. The zero-order valence-corrected chi connectivity index (χ0v) is 33.0. The number of carbonyl (C=O) groups excluding carboxylic acids is 2. The molecule has 0 saturated carbocycles. The number of aromatic nitrogens is 3. The van der Waals surface area contributed by atoms with Gasteiger partial charge in [-0.2, -0.15) is 12.7 Å². The molecule has 7 rings (SSSR count). The normalized spacial score (nSPS) is 17.2. The van der Waals surface area contributed by atoms with E-state index in [2.05, 4.69) is 24.9 Å². The van der Waals surface area contributed by atoms with E-state index in [9.17, 15) is 22.4 Å². The number of ketones is 1. The number of halogens is 3. The summed E-state index contributed by atoms with van der Waals surface area (Å²) in [5, 5.41) is 4.28. The number of alkyl halides is 1. The Morgan fingerprint density at radius 2 is 1.79 bits per heavy atom. The van der Waals surface area contributed by atoms with Crippen LogP contribution in [-0.2, 0) is 19.7 Å². The minimum atomic E-state index is -4.35. The van der Waals surface area contributed by atoms with Crippen molar-refractivity contribution < 1.29 is 45.2 Å². The molecule has 2 atom stereocenters. The number of hydrogen-bond acceptors (Lipinski definition) is 11. The van der Waals surface area contributed by atoms with E-state index in [4.69, 9.17) is 14.0 Å². The van der Waals surface area contributed by atoms with Crippen molar-refractivity contribution in [2.45, 2.75) is 38.8 Å². The van der Waals surface area contributed by atoms with E-state index < -0.39 is 51.0 Å². The summed E-state index contributed by atoms with van der Waals surface area (Å²) in [7, 11) is -3.00. The summed E-state index contributed by atoms with van der Waals surface area (Å²) >= 11 is 0. The number of rotatable bonds is 15. The second-order valence-corrected chi connectivity index (χ2v) is 16.3. The number of nitrogens with zero attached hydrogens (tertiary/aromatic N) is 5. The maximum Gasteiger partial charge on any atom is 0.316 e. The molecule has 3 aromatic heterocycles. The number of fused-ring (bicyclic) bond motifs is 1. The molecule has 2 saturated heterocycles. The molecule has 58 heavy (non-hydrogen) atoms. The maximum atomic E-state index is 15.7.